The zero-order valence-corrected chi connectivity index (χ0v) is 22.1. The monoisotopic (exact) mass is 542 g/mol. The number of pyridine rings is 1. The molecule has 2 bridgehead atoms. The molecule has 7 nitrogen and oxygen atoms in total. The number of anilines is 2. The molecule has 4 saturated carbocycles. The van der Waals surface area contributed by atoms with Crippen LogP contribution in [0.2, 0.25) is 5.02 Å². The Labute approximate surface area is 232 Å². The van der Waals surface area contributed by atoms with Crippen molar-refractivity contribution in [1.29, 1.82) is 5.26 Å². The number of aromatic nitrogens is 4. The highest BCUT2D eigenvalue weighted by Gasteiger charge is 2.36. The average Bonchev–Trinajstić information content (AvgIpc) is 3.70. The van der Waals surface area contributed by atoms with Crippen molar-refractivity contribution < 1.29 is 5.76 Å². The van der Waals surface area contributed by atoms with E-state index in [0.717, 1.165) is 36.3 Å². The first-order chi connectivity index (χ1) is 19.4. The maximum absolute atomic E-state index is 13.8. The molecule has 4 fully saturated rings. The highest BCUT2D eigenvalue weighted by Crippen LogP contribution is 2.44. The van der Waals surface area contributed by atoms with Crippen LogP contribution in [0.15, 0.2) is 48.8 Å². The highest BCUT2D eigenvalue weighted by atomic mass is 35.5. The van der Waals surface area contributed by atoms with E-state index < -0.39 is 6.02 Å². The van der Waals surface area contributed by atoms with E-state index in [1.807, 2.05) is 6.07 Å². The van der Waals surface area contributed by atoms with E-state index in [2.05, 4.69) is 32.0 Å². The molecule has 4 aromatic rings. The molecule has 0 spiro atoms. The minimum atomic E-state index is -1.58. The van der Waals surface area contributed by atoms with Gasteiger partial charge < -0.3 is 10.6 Å². The number of hydrogen-bond donors (Lipinski definition) is 2. The minimum Gasteiger partial charge on any atom is -0.380 e. The van der Waals surface area contributed by atoms with Gasteiger partial charge in [0.25, 0.3) is 0 Å². The van der Waals surface area contributed by atoms with Crippen molar-refractivity contribution in [1.82, 2.24) is 20.0 Å². The number of benzene rings is 2. The largest absolute Gasteiger partial charge is 0.380 e. The van der Waals surface area contributed by atoms with Crippen molar-refractivity contribution in [3.8, 4) is 6.07 Å². The second-order valence-corrected chi connectivity index (χ2v) is 11.5. The molecule has 1 unspecified atom stereocenters. The van der Waals surface area contributed by atoms with Gasteiger partial charge in [-0.05, 0) is 73.8 Å². The van der Waals surface area contributed by atoms with Crippen molar-refractivity contribution >= 4 is 33.9 Å². The highest BCUT2D eigenvalue weighted by molar-refractivity contribution is 6.35. The molecule has 0 aliphatic heterocycles. The second kappa shape index (κ2) is 9.80. The first-order valence-corrected chi connectivity index (χ1v) is 14.0. The second-order valence-electron chi connectivity index (χ2n) is 11.1. The minimum absolute atomic E-state index is 0.299. The van der Waals surface area contributed by atoms with E-state index in [4.69, 9.17) is 11.6 Å². The Morgan fingerprint density at radius 1 is 1.13 bits per heavy atom. The van der Waals surface area contributed by atoms with Gasteiger partial charge in [-0.25, -0.2) is 9.07 Å². The Kier molecular flexibility index (Phi) is 5.83. The Balaban J connectivity index is 1.31. The molecule has 2 aromatic heterocycles. The third-order valence-electron chi connectivity index (χ3n) is 8.51. The summed E-state index contributed by atoms with van der Waals surface area (Å²) >= 11 is 6.77. The van der Waals surface area contributed by atoms with E-state index in [9.17, 15) is 11.0 Å². The predicted molar refractivity (Wildman–Crippen MR) is 149 cm³/mol. The van der Waals surface area contributed by atoms with Gasteiger partial charge in [-0.15, -0.1) is 5.10 Å². The van der Waals surface area contributed by atoms with Crippen molar-refractivity contribution in [3.63, 3.8) is 0 Å². The van der Waals surface area contributed by atoms with Crippen LogP contribution in [-0.4, -0.2) is 26.0 Å². The Bertz CT molecular complexity index is 1620. The van der Waals surface area contributed by atoms with Crippen LogP contribution in [0.3, 0.4) is 0 Å². The Morgan fingerprint density at radius 3 is 2.62 bits per heavy atom. The summed E-state index contributed by atoms with van der Waals surface area (Å²) < 4.78 is 25.2. The number of nitrogens with one attached hydrogen (secondary N) is 2. The molecule has 9 heteroatoms. The maximum atomic E-state index is 13.8. The molecule has 4 aliphatic carbocycles. The average molecular weight is 543 g/mol. The Morgan fingerprint density at radius 2 is 1.92 bits per heavy atom. The molecule has 2 atom stereocenters. The zero-order chi connectivity index (χ0) is 27.4. The molecular formula is C30H29ClFN7. The van der Waals surface area contributed by atoms with Gasteiger partial charge in [0.15, 0.2) is 0 Å². The van der Waals surface area contributed by atoms with Crippen LogP contribution in [0.4, 0.5) is 15.8 Å². The van der Waals surface area contributed by atoms with Gasteiger partial charge in [-0.2, -0.15) is 5.26 Å². The molecule has 8 rings (SSSR count). The lowest BCUT2D eigenvalue weighted by Crippen LogP contribution is -2.40. The Hall–Kier alpha value is -3.70. The van der Waals surface area contributed by atoms with Gasteiger partial charge >= 0.3 is 0 Å². The summed E-state index contributed by atoms with van der Waals surface area (Å²) in [5.74, 6) is 0.930. The number of nitrogens with zero attached hydrogens (tertiary/aromatic N) is 5. The van der Waals surface area contributed by atoms with E-state index in [1.54, 1.807) is 35.3 Å². The van der Waals surface area contributed by atoms with Crippen LogP contribution >= 0.6 is 11.6 Å². The van der Waals surface area contributed by atoms with Crippen LogP contribution in [0.5, 0.6) is 0 Å². The summed E-state index contributed by atoms with van der Waals surface area (Å²) in [6.07, 6.45) is 11.5. The number of nitriles is 1. The van der Waals surface area contributed by atoms with Gasteiger partial charge in [-0.1, -0.05) is 41.8 Å². The molecular weight excluding hydrogens is 513 g/mol. The van der Waals surface area contributed by atoms with Crippen LogP contribution in [-0.2, 0) is 0 Å². The summed E-state index contributed by atoms with van der Waals surface area (Å²) in [5.41, 5.74) is 3.24. The normalized spacial score (nSPS) is 24.1. The van der Waals surface area contributed by atoms with Crippen LogP contribution in [0.1, 0.15) is 75.2 Å². The number of fused-ring (bicyclic) bond motifs is 4. The van der Waals surface area contributed by atoms with E-state index in [1.165, 1.54) is 37.8 Å². The summed E-state index contributed by atoms with van der Waals surface area (Å²) in [6.45, 7) is 0. The molecule has 198 valence electrons. The standard InChI is InChI=1S/C30H29ClFN7/c31-25-13-22(35-29(19-5-7-21(32)8-6-19)27-16-39(38-37-27)23-9-10-23)12-24-28(20(14-33)15-34-30(24)25)36-26-11-17-1-3-18(26)4-2-17/h5-8,12-13,15-18,23,26,29,35H,1-4,9-11H2,(H,34,36)/t17?,18?,26?,29-/m0/s1/i29D. The molecule has 39 heavy (non-hydrogen) atoms. The summed E-state index contributed by atoms with van der Waals surface area (Å²) in [5, 5.41) is 26.7. The first kappa shape index (κ1) is 23.2. The third-order valence-corrected chi connectivity index (χ3v) is 8.80. The molecule has 2 heterocycles. The fourth-order valence-corrected chi connectivity index (χ4v) is 6.53. The van der Waals surface area contributed by atoms with E-state index >= 15 is 0 Å². The van der Waals surface area contributed by atoms with Gasteiger partial charge in [0, 0.05) is 23.3 Å². The molecule has 0 radical (unpaired) electrons. The molecule has 4 aliphatic rings. The topological polar surface area (TPSA) is 91.5 Å². The van der Waals surface area contributed by atoms with Crippen LogP contribution < -0.4 is 10.6 Å². The number of halogens is 2. The molecule has 0 amide bonds. The third kappa shape index (κ3) is 4.70. The summed E-state index contributed by atoms with van der Waals surface area (Å²) in [7, 11) is 0. The number of hydrogen-bond acceptors (Lipinski definition) is 6. The SMILES string of the molecule is [2H][C@](Nc1cc(Cl)c2ncc(C#N)c(NC3CC4CCC3CC4)c2c1)(c1ccc(F)cc1)c1cn(C2CC2)nn1. The molecule has 0 saturated heterocycles. The fraction of sp³-hybridized carbons (Fsp3) is 0.400. The lowest BCUT2D eigenvalue weighted by molar-refractivity contribution is 0.158. The van der Waals surface area contributed by atoms with E-state index in [0.29, 0.717) is 51.0 Å². The van der Waals surface area contributed by atoms with E-state index in [-0.39, 0.29) is 5.82 Å². The van der Waals surface area contributed by atoms with Gasteiger partial charge in [-0.3, -0.25) is 4.98 Å². The number of rotatable bonds is 7. The summed E-state index contributed by atoms with van der Waals surface area (Å²) in [6, 6.07) is 10.8. The lowest BCUT2D eigenvalue weighted by atomic mass is 9.68. The van der Waals surface area contributed by atoms with Gasteiger partial charge in [0.1, 0.15) is 17.6 Å². The van der Waals surface area contributed by atoms with Crippen molar-refractivity contribution in [2.45, 2.75) is 63.0 Å². The van der Waals surface area contributed by atoms with Crippen LogP contribution in [0, 0.1) is 29.0 Å². The van der Waals surface area contributed by atoms with Crippen molar-refractivity contribution in [3.05, 3.63) is 76.5 Å². The van der Waals surface area contributed by atoms with Gasteiger partial charge in [0.2, 0.25) is 0 Å². The fourth-order valence-electron chi connectivity index (χ4n) is 6.27. The quantitative estimate of drug-likeness (QED) is 0.261. The molecule has 2 aromatic carbocycles. The van der Waals surface area contributed by atoms with Crippen molar-refractivity contribution in [2.75, 3.05) is 10.6 Å². The first-order valence-electron chi connectivity index (χ1n) is 14.2. The summed E-state index contributed by atoms with van der Waals surface area (Å²) in [4.78, 5) is 4.51. The van der Waals surface area contributed by atoms with Crippen LogP contribution in [0.25, 0.3) is 10.9 Å². The lowest BCUT2D eigenvalue weighted by Gasteiger charge is -2.43. The van der Waals surface area contributed by atoms with Crippen molar-refractivity contribution in [2.24, 2.45) is 11.8 Å². The zero-order valence-electron chi connectivity index (χ0n) is 22.4. The molecule has 2 N–H and O–H groups in total. The predicted octanol–water partition coefficient (Wildman–Crippen LogP) is 7.02. The van der Waals surface area contributed by atoms with Gasteiger partial charge in [0.05, 0.1) is 41.4 Å². The smallest absolute Gasteiger partial charge is 0.123 e. The maximum Gasteiger partial charge on any atom is 0.123 e.